The molecule has 2 nitrogen and oxygen atoms in total. The number of nitrogens with zero attached hydrogens (tertiary/aromatic N) is 1. The molecule has 8 aromatic carbocycles. The number of hydrogen-bond acceptors (Lipinski definition) is 2. The standard InChI is InChI=1S/C50H35NO/c1-2-14-40(15-3-1)51(41-29-25-35(26-30-41)34-21-23-38(24-22-34)43-19-10-13-36-11-4-6-16-42(36)43)48-20-9-8-17-44(48)39-28-32-49-47(33-39)46-31-27-37-12-5-7-18-45(37)50(46)52-49/h1-3,5-10,12-33H,4,11H2. The summed E-state index contributed by atoms with van der Waals surface area (Å²) in [5, 5.41) is 4.58. The molecule has 52 heavy (non-hydrogen) atoms. The molecule has 0 saturated carbocycles. The lowest BCUT2D eigenvalue weighted by atomic mass is 9.89. The molecule has 0 saturated heterocycles. The Balaban J connectivity index is 1.03. The molecule has 0 spiro atoms. The molecule has 1 aromatic heterocycles. The molecule has 246 valence electrons. The van der Waals surface area contributed by atoms with Crippen molar-refractivity contribution in [3.63, 3.8) is 0 Å². The Bertz CT molecular complexity index is 2770. The topological polar surface area (TPSA) is 16.4 Å². The predicted octanol–water partition coefficient (Wildman–Crippen LogP) is 14.2. The molecule has 0 amide bonds. The van der Waals surface area contributed by atoms with Crippen LogP contribution in [0.1, 0.15) is 17.5 Å². The number of fused-ring (bicyclic) bond motifs is 6. The van der Waals surface area contributed by atoms with Crippen molar-refractivity contribution in [1.29, 1.82) is 0 Å². The van der Waals surface area contributed by atoms with E-state index in [-0.39, 0.29) is 0 Å². The molecule has 1 aliphatic rings. The van der Waals surface area contributed by atoms with Gasteiger partial charge in [-0.2, -0.15) is 0 Å². The van der Waals surface area contributed by atoms with Gasteiger partial charge in [0.15, 0.2) is 0 Å². The number of rotatable bonds is 6. The zero-order chi connectivity index (χ0) is 34.4. The van der Waals surface area contributed by atoms with E-state index in [2.05, 4.69) is 193 Å². The Morgan fingerprint density at radius 2 is 1.15 bits per heavy atom. The Kier molecular flexibility index (Phi) is 7.32. The lowest BCUT2D eigenvalue weighted by Crippen LogP contribution is -2.11. The summed E-state index contributed by atoms with van der Waals surface area (Å²) in [4.78, 5) is 2.36. The third-order valence-corrected chi connectivity index (χ3v) is 10.5. The van der Waals surface area contributed by atoms with Gasteiger partial charge in [0.05, 0.1) is 5.69 Å². The van der Waals surface area contributed by atoms with Crippen molar-refractivity contribution in [2.24, 2.45) is 0 Å². The molecule has 0 bridgehead atoms. The number of benzene rings is 8. The van der Waals surface area contributed by atoms with Crippen LogP contribution in [0.3, 0.4) is 0 Å². The largest absolute Gasteiger partial charge is 0.455 e. The average Bonchev–Trinajstić information content (AvgIpc) is 3.60. The highest BCUT2D eigenvalue weighted by molar-refractivity contribution is 6.15. The molecule has 0 fully saturated rings. The lowest BCUT2D eigenvalue weighted by Gasteiger charge is -2.28. The highest BCUT2D eigenvalue weighted by Gasteiger charge is 2.19. The van der Waals surface area contributed by atoms with E-state index >= 15 is 0 Å². The van der Waals surface area contributed by atoms with E-state index < -0.39 is 0 Å². The van der Waals surface area contributed by atoms with Gasteiger partial charge < -0.3 is 9.32 Å². The molecular formula is C50H35NO. The summed E-state index contributed by atoms with van der Waals surface area (Å²) < 4.78 is 6.46. The second-order valence-corrected chi connectivity index (χ2v) is 13.6. The molecular weight excluding hydrogens is 631 g/mol. The van der Waals surface area contributed by atoms with Crippen LogP contribution in [-0.4, -0.2) is 0 Å². The number of para-hydroxylation sites is 2. The normalized spacial score (nSPS) is 12.4. The third-order valence-electron chi connectivity index (χ3n) is 10.5. The van der Waals surface area contributed by atoms with E-state index in [0.29, 0.717) is 0 Å². The van der Waals surface area contributed by atoms with Crippen LogP contribution in [0, 0.1) is 0 Å². The lowest BCUT2D eigenvalue weighted by molar-refractivity contribution is 0.672. The van der Waals surface area contributed by atoms with Gasteiger partial charge in [-0.1, -0.05) is 140 Å². The molecule has 2 heteroatoms. The molecule has 10 rings (SSSR count). The fourth-order valence-corrected chi connectivity index (χ4v) is 7.95. The zero-order valence-corrected chi connectivity index (χ0v) is 28.7. The minimum absolute atomic E-state index is 0.899. The van der Waals surface area contributed by atoms with Crippen LogP contribution in [0.5, 0.6) is 0 Å². The van der Waals surface area contributed by atoms with Gasteiger partial charge in [-0.3, -0.25) is 0 Å². The second-order valence-electron chi connectivity index (χ2n) is 13.6. The van der Waals surface area contributed by atoms with E-state index in [0.717, 1.165) is 68.4 Å². The fraction of sp³-hybridized carbons (Fsp3) is 0.0400. The monoisotopic (exact) mass is 665 g/mol. The van der Waals surface area contributed by atoms with E-state index in [9.17, 15) is 0 Å². The molecule has 0 N–H and O–H groups in total. The van der Waals surface area contributed by atoms with Crippen LogP contribution < -0.4 is 4.90 Å². The fourth-order valence-electron chi connectivity index (χ4n) is 7.95. The molecule has 1 heterocycles. The van der Waals surface area contributed by atoms with E-state index in [4.69, 9.17) is 4.42 Å². The van der Waals surface area contributed by atoms with Crippen LogP contribution in [0.15, 0.2) is 186 Å². The van der Waals surface area contributed by atoms with Crippen molar-refractivity contribution in [2.45, 2.75) is 12.8 Å². The number of anilines is 3. The Hall–Kier alpha value is -6.64. The molecule has 0 radical (unpaired) electrons. The highest BCUT2D eigenvalue weighted by atomic mass is 16.3. The van der Waals surface area contributed by atoms with E-state index in [1.807, 2.05) is 0 Å². The Labute approximate surface area is 303 Å². The first-order chi connectivity index (χ1) is 25.8. The van der Waals surface area contributed by atoms with Crippen molar-refractivity contribution in [2.75, 3.05) is 4.90 Å². The number of aryl methyl sites for hydroxylation is 1. The van der Waals surface area contributed by atoms with Crippen LogP contribution >= 0.6 is 0 Å². The number of furan rings is 1. The molecule has 9 aromatic rings. The summed E-state index contributed by atoms with van der Waals surface area (Å²) in [7, 11) is 0. The maximum absolute atomic E-state index is 6.46. The summed E-state index contributed by atoms with van der Waals surface area (Å²) in [5.41, 5.74) is 15.2. The summed E-state index contributed by atoms with van der Waals surface area (Å²) in [6.07, 6.45) is 6.81. The van der Waals surface area contributed by atoms with Crippen LogP contribution in [0.2, 0.25) is 0 Å². The minimum atomic E-state index is 0.899. The Morgan fingerprint density at radius 3 is 2.02 bits per heavy atom. The van der Waals surface area contributed by atoms with Gasteiger partial charge >= 0.3 is 0 Å². The quantitative estimate of drug-likeness (QED) is 0.176. The first-order valence-corrected chi connectivity index (χ1v) is 18.1. The van der Waals surface area contributed by atoms with Crippen LogP contribution in [0.25, 0.3) is 72.2 Å². The zero-order valence-electron chi connectivity index (χ0n) is 28.7. The average molecular weight is 666 g/mol. The van der Waals surface area contributed by atoms with Gasteiger partial charge in [0.2, 0.25) is 0 Å². The SMILES string of the molecule is C1=Cc2c(cccc2-c2ccc(-c3ccc(N(c4ccccc4)c4ccccc4-c4ccc5oc6c7ccccc7ccc6c5c4)cc3)cc2)CC1. The van der Waals surface area contributed by atoms with Gasteiger partial charge in [-0.25, -0.2) is 0 Å². The smallest absolute Gasteiger partial charge is 0.143 e. The summed E-state index contributed by atoms with van der Waals surface area (Å²) in [6, 6.07) is 63.4. The summed E-state index contributed by atoms with van der Waals surface area (Å²) in [5.74, 6) is 0. The van der Waals surface area contributed by atoms with Crippen molar-refractivity contribution < 1.29 is 4.42 Å². The van der Waals surface area contributed by atoms with Crippen molar-refractivity contribution in [3.05, 3.63) is 193 Å². The molecule has 0 unspecified atom stereocenters. The van der Waals surface area contributed by atoms with Gasteiger partial charge in [0.25, 0.3) is 0 Å². The second kappa shape index (κ2) is 12.6. The number of hydrogen-bond donors (Lipinski definition) is 0. The van der Waals surface area contributed by atoms with Crippen molar-refractivity contribution >= 4 is 55.8 Å². The Morgan fingerprint density at radius 1 is 0.462 bits per heavy atom. The summed E-state index contributed by atoms with van der Waals surface area (Å²) >= 11 is 0. The van der Waals surface area contributed by atoms with E-state index in [1.54, 1.807) is 0 Å². The molecule has 0 atom stereocenters. The molecule has 0 aliphatic heterocycles. The predicted molar refractivity (Wildman–Crippen MR) is 220 cm³/mol. The van der Waals surface area contributed by atoms with Crippen LogP contribution in [-0.2, 0) is 6.42 Å². The van der Waals surface area contributed by atoms with Gasteiger partial charge in [-0.05, 0) is 106 Å². The van der Waals surface area contributed by atoms with Crippen molar-refractivity contribution in [3.8, 4) is 33.4 Å². The number of allylic oxidation sites excluding steroid dienone is 1. The van der Waals surface area contributed by atoms with E-state index in [1.165, 1.54) is 38.8 Å². The minimum Gasteiger partial charge on any atom is -0.455 e. The maximum Gasteiger partial charge on any atom is 0.143 e. The third kappa shape index (κ3) is 5.20. The summed E-state index contributed by atoms with van der Waals surface area (Å²) in [6.45, 7) is 0. The van der Waals surface area contributed by atoms with Crippen molar-refractivity contribution in [1.82, 2.24) is 0 Å². The van der Waals surface area contributed by atoms with Gasteiger partial charge in [0, 0.05) is 33.1 Å². The first-order valence-electron chi connectivity index (χ1n) is 18.1. The maximum atomic E-state index is 6.46. The van der Waals surface area contributed by atoms with Crippen LogP contribution in [0.4, 0.5) is 17.1 Å². The first kappa shape index (κ1) is 30.2. The van der Waals surface area contributed by atoms with Gasteiger partial charge in [0.1, 0.15) is 11.2 Å². The highest BCUT2D eigenvalue weighted by Crippen LogP contribution is 2.43. The molecule has 1 aliphatic carbocycles. The van der Waals surface area contributed by atoms with Gasteiger partial charge in [-0.15, -0.1) is 0 Å².